The standard InChI is InChI=1S/C42H26/c1-2-10-30-24-41-32(23-29(30)9-1)26-40(36-14-6-7-15-37(36)41)28-19-17-27(18-20-28)31-21-22-39-35-13-4-3-11-33(35)34-12-5-8-16-38(34)42(39)25-31/h1-26H/i17D,18D,19D,20D. The van der Waals surface area contributed by atoms with Crippen molar-refractivity contribution in [3.8, 4) is 22.3 Å². The Morgan fingerprint density at radius 2 is 0.762 bits per heavy atom. The molecular weight excluding hydrogens is 504 g/mol. The summed E-state index contributed by atoms with van der Waals surface area (Å²) in [4.78, 5) is 0. The zero-order valence-corrected chi connectivity index (χ0v) is 22.7. The summed E-state index contributed by atoms with van der Waals surface area (Å²) in [5, 5.41) is 13.0. The largest absolute Gasteiger partial charge is 0.0629 e. The molecule has 0 saturated carbocycles. The minimum absolute atomic E-state index is 0.0373. The van der Waals surface area contributed by atoms with E-state index in [1.54, 1.807) is 0 Å². The van der Waals surface area contributed by atoms with Crippen LogP contribution in [0.3, 0.4) is 0 Å². The highest BCUT2D eigenvalue weighted by molar-refractivity contribution is 6.25. The third kappa shape index (κ3) is 3.49. The smallest absolute Gasteiger partial charge is 0.0616 e. The van der Waals surface area contributed by atoms with Crippen LogP contribution >= 0.6 is 0 Å². The first-order valence-electron chi connectivity index (χ1n) is 16.3. The van der Waals surface area contributed by atoms with Crippen molar-refractivity contribution in [2.24, 2.45) is 0 Å². The van der Waals surface area contributed by atoms with Crippen molar-refractivity contribution in [2.75, 3.05) is 0 Å². The molecule has 0 atom stereocenters. The van der Waals surface area contributed by atoms with Crippen LogP contribution in [-0.2, 0) is 0 Å². The summed E-state index contributed by atoms with van der Waals surface area (Å²) in [6, 6.07) is 45.3. The molecule has 0 heteroatoms. The van der Waals surface area contributed by atoms with Gasteiger partial charge in [0.15, 0.2) is 0 Å². The molecule has 0 aliphatic carbocycles. The molecule has 0 heterocycles. The maximum absolute atomic E-state index is 9.29. The van der Waals surface area contributed by atoms with Gasteiger partial charge in [-0.25, -0.2) is 0 Å². The molecule has 42 heavy (non-hydrogen) atoms. The van der Waals surface area contributed by atoms with Crippen molar-refractivity contribution in [2.45, 2.75) is 0 Å². The minimum atomic E-state index is -0.0388. The van der Waals surface area contributed by atoms with E-state index >= 15 is 0 Å². The minimum Gasteiger partial charge on any atom is -0.0616 e. The molecule has 9 aromatic rings. The lowest BCUT2D eigenvalue weighted by Gasteiger charge is -2.14. The molecule has 0 bridgehead atoms. The zero-order chi connectivity index (χ0) is 31.1. The van der Waals surface area contributed by atoms with E-state index in [0.29, 0.717) is 22.3 Å². The molecule has 0 spiro atoms. The van der Waals surface area contributed by atoms with Gasteiger partial charge in [0.05, 0.1) is 5.48 Å². The van der Waals surface area contributed by atoms with Gasteiger partial charge in [0, 0.05) is 0 Å². The second-order valence-corrected chi connectivity index (χ2v) is 11.0. The molecule has 0 radical (unpaired) electrons. The Morgan fingerprint density at radius 1 is 0.286 bits per heavy atom. The van der Waals surface area contributed by atoms with Crippen LogP contribution in [0.15, 0.2) is 158 Å². The van der Waals surface area contributed by atoms with Crippen LogP contribution in [0.1, 0.15) is 5.48 Å². The lowest BCUT2D eigenvalue weighted by molar-refractivity contribution is 1.63. The first kappa shape index (κ1) is 19.6. The van der Waals surface area contributed by atoms with Gasteiger partial charge < -0.3 is 0 Å². The summed E-state index contributed by atoms with van der Waals surface area (Å²) in [6.07, 6.45) is 0. The van der Waals surface area contributed by atoms with E-state index in [-0.39, 0.29) is 24.2 Å². The Balaban J connectivity index is 1.31. The monoisotopic (exact) mass is 534 g/mol. The van der Waals surface area contributed by atoms with Crippen LogP contribution in [0.4, 0.5) is 0 Å². The molecule has 0 amide bonds. The van der Waals surface area contributed by atoms with Gasteiger partial charge in [0.25, 0.3) is 0 Å². The third-order valence-corrected chi connectivity index (χ3v) is 8.65. The first-order valence-corrected chi connectivity index (χ1v) is 14.3. The molecule has 0 nitrogen and oxygen atoms in total. The molecule has 194 valence electrons. The fraction of sp³-hybridized carbons (Fsp3) is 0. The Kier molecular flexibility index (Phi) is 4.21. The lowest BCUT2D eigenvalue weighted by Crippen LogP contribution is -1.87. The van der Waals surface area contributed by atoms with Crippen molar-refractivity contribution in [1.82, 2.24) is 0 Å². The highest BCUT2D eigenvalue weighted by atomic mass is 14.2. The van der Waals surface area contributed by atoms with Gasteiger partial charge in [-0.1, -0.05) is 133 Å². The molecule has 9 aromatic carbocycles. The molecule has 0 saturated heterocycles. The maximum Gasteiger partial charge on any atom is 0.0629 e. The van der Waals surface area contributed by atoms with Crippen LogP contribution in [0.5, 0.6) is 0 Å². The van der Waals surface area contributed by atoms with Crippen LogP contribution in [0, 0.1) is 0 Å². The summed E-state index contributed by atoms with van der Waals surface area (Å²) in [7, 11) is 0. The van der Waals surface area contributed by atoms with Gasteiger partial charge in [0.1, 0.15) is 0 Å². The quantitative estimate of drug-likeness (QED) is 0.153. The number of benzene rings is 9. The molecule has 0 N–H and O–H groups in total. The average molecular weight is 535 g/mol. The number of fused-ring (bicyclic) bond motifs is 10. The Morgan fingerprint density at radius 3 is 1.40 bits per heavy atom. The van der Waals surface area contributed by atoms with Crippen LogP contribution in [-0.4, -0.2) is 0 Å². The Bertz CT molecular complexity index is 2680. The summed E-state index contributed by atoms with van der Waals surface area (Å²) < 4.78 is 37.1. The maximum atomic E-state index is 9.29. The van der Waals surface area contributed by atoms with Crippen molar-refractivity contribution in [3.05, 3.63) is 158 Å². The Labute approximate surface area is 249 Å². The van der Waals surface area contributed by atoms with Gasteiger partial charge in [-0.15, -0.1) is 0 Å². The second-order valence-electron chi connectivity index (χ2n) is 11.0. The van der Waals surface area contributed by atoms with Crippen LogP contribution < -0.4 is 0 Å². The van der Waals surface area contributed by atoms with Gasteiger partial charge in [-0.2, -0.15) is 0 Å². The van der Waals surface area contributed by atoms with Gasteiger partial charge in [-0.05, 0) is 111 Å². The first-order chi connectivity index (χ1) is 22.5. The average Bonchev–Trinajstić information content (AvgIpc) is 3.10. The fourth-order valence-corrected chi connectivity index (χ4v) is 6.66. The summed E-state index contributed by atoms with van der Waals surface area (Å²) in [5.41, 5.74) is 2.01. The predicted molar refractivity (Wildman–Crippen MR) is 182 cm³/mol. The van der Waals surface area contributed by atoms with Crippen LogP contribution in [0.2, 0.25) is 0 Å². The van der Waals surface area contributed by atoms with Crippen molar-refractivity contribution in [1.29, 1.82) is 0 Å². The molecule has 0 aliphatic heterocycles. The lowest BCUT2D eigenvalue weighted by atomic mass is 9.90. The topological polar surface area (TPSA) is 0 Å². The van der Waals surface area contributed by atoms with E-state index in [4.69, 9.17) is 0 Å². The molecule has 0 fully saturated rings. The van der Waals surface area contributed by atoms with E-state index in [9.17, 15) is 5.48 Å². The summed E-state index contributed by atoms with van der Waals surface area (Å²) in [5.74, 6) is 0. The van der Waals surface area contributed by atoms with Crippen molar-refractivity contribution >= 4 is 64.6 Å². The normalized spacial score (nSPS) is 13.1. The molecule has 0 aliphatic rings. The Hall–Kier alpha value is -5.46. The number of hydrogen-bond donors (Lipinski definition) is 0. The van der Waals surface area contributed by atoms with Crippen LogP contribution in [0.25, 0.3) is 86.9 Å². The van der Waals surface area contributed by atoms with Gasteiger partial charge in [-0.3, -0.25) is 0 Å². The second kappa shape index (κ2) is 9.03. The number of rotatable bonds is 2. The van der Waals surface area contributed by atoms with Gasteiger partial charge in [0.2, 0.25) is 0 Å². The SMILES string of the molecule is [2H]c1c([2H])c(-c2cc3cc4ccccc4cc3c3ccccc23)c([2H])c([2H])c1-c1ccc2c3ccccc3c3ccccc3c2c1. The zero-order valence-electron chi connectivity index (χ0n) is 26.7. The predicted octanol–water partition coefficient (Wildman–Crippen LogP) is 11.9. The molecule has 0 unspecified atom stereocenters. The van der Waals surface area contributed by atoms with Crippen molar-refractivity contribution < 1.29 is 5.48 Å². The van der Waals surface area contributed by atoms with E-state index < -0.39 is 0 Å². The highest BCUT2D eigenvalue weighted by Gasteiger charge is 2.12. The van der Waals surface area contributed by atoms with E-state index in [0.717, 1.165) is 59.2 Å². The van der Waals surface area contributed by atoms with E-state index in [1.807, 2.05) is 66.7 Å². The third-order valence-electron chi connectivity index (χ3n) is 8.65. The molecule has 9 rings (SSSR count). The van der Waals surface area contributed by atoms with E-state index in [2.05, 4.69) is 66.7 Å². The molecule has 0 aromatic heterocycles. The fourth-order valence-electron chi connectivity index (χ4n) is 6.66. The molecular formula is C42H26. The van der Waals surface area contributed by atoms with E-state index in [1.165, 1.54) is 5.39 Å². The van der Waals surface area contributed by atoms with Gasteiger partial charge >= 0.3 is 0 Å². The summed E-state index contributed by atoms with van der Waals surface area (Å²) in [6.45, 7) is 0. The summed E-state index contributed by atoms with van der Waals surface area (Å²) >= 11 is 0. The highest BCUT2D eigenvalue weighted by Crippen LogP contribution is 2.39. The number of hydrogen-bond acceptors (Lipinski definition) is 0. The van der Waals surface area contributed by atoms with Crippen molar-refractivity contribution in [3.63, 3.8) is 0 Å².